The summed E-state index contributed by atoms with van der Waals surface area (Å²) in [5, 5.41) is 0. The van der Waals surface area contributed by atoms with Crippen molar-refractivity contribution in [2.75, 3.05) is 0 Å². The Balaban J connectivity index is 0. The van der Waals surface area contributed by atoms with Gasteiger partial charge in [0.15, 0.2) is 0 Å². The van der Waals surface area contributed by atoms with Gasteiger partial charge >= 0.3 is 51.4 Å². The maximum absolute atomic E-state index is 9.56. The number of hydrogen-bond acceptors (Lipinski definition) is 1. The molecule has 0 aromatic heterocycles. The zero-order valence-corrected chi connectivity index (χ0v) is 4.29. The van der Waals surface area contributed by atoms with Gasteiger partial charge in [-0.25, -0.2) is 0 Å². The average molecular weight is 136 g/mol. The molecule has 0 N–H and O–H groups in total. The van der Waals surface area contributed by atoms with Crippen molar-refractivity contribution in [3.8, 4) is 0 Å². The monoisotopic (exact) mass is 136 g/mol. The van der Waals surface area contributed by atoms with Crippen molar-refractivity contribution < 1.29 is 4.79 Å². The molecule has 0 unspecified atom stereocenters. The molecular formula is C6H9KO. The molecule has 0 fully saturated rings. The molecule has 0 aliphatic carbocycles. The zero-order valence-electron chi connectivity index (χ0n) is 4.29. The maximum atomic E-state index is 9.56. The Kier molecular flexibility index (Phi) is 15.5. The Bertz CT molecular complexity index is 94.7. The summed E-state index contributed by atoms with van der Waals surface area (Å²) in [6, 6.07) is 0. The number of carbonyl (C=O) groups excluding carboxylic acids is 1. The van der Waals surface area contributed by atoms with Crippen molar-refractivity contribution >= 4 is 57.7 Å². The molecule has 0 spiro atoms. The summed E-state index contributed by atoms with van der Waals surface area (Å²) < 4.78 is 0. The van der Waals surface area contributed by atoms with Gasteiger partial charge < -0.3 is 0 Å². The van der Waals surface area contributed by atoms with Crippen LogP contribution in [-0.4, -0.2) is 57.7 Å². The first-order valence-electron chi connectivity index (χ1n) is 2.15. The third-order valence-corrected chi connectivity index (χ3v) is 0.493. The fraction of sp³-hybridized carbons (Fsp3) is 0.167. The Morgan fingerprint density at radius 3 is 2.12 bits per heavy atom. The average Bonchev–Trinajstić information content (AvgIpc) is 1.69. The van der Waals surface area contributed by atoms with E-state index >= 15 is 0 Å². The minimum absolute atomic E-state index is 0. The molecule has 0 bridgehead atoms. The molecule has 0 rings (SSSR count). The van der Waals surface area contributed by atoms with Crippen molar-refractivity contribution in [1.82, 2.24) is 0 Å². The first-order chi connectivity index (χ1) is 3.41. The van der Waals surface area contributed by atoms with Gasteiger partial charge in [-0.15, -0.1) is 0 Å². The molecule has 1 nitrogen and oxygen atoms in total. The van der Waals surface area contributed by atoms with Crippen LogP contribution in [0.4, 0.5) is 0 Å². The van der Waals surface area contributed by atoms with Crippen LogP contribution in [0.5, 0.6) is 0 Å². The number of aldehydes is 1. The predicted octanol–water partition coefficient (Wildman–Crippen LogP) is 0.669. The van der Waals surface area contributed by atoms with Gasteiger partial charge in [-0.3, -0.25) is 4.79 Å². The summed E-state index contributed by atoms with van der Waals surface area (Å²) in [6.45, 7) is 1.90. The molecule has 2 heteroatoms. The first kappa shape index (κ1) is 11.6. The van der Waals surface area contributed by atoms with Gasteiger partial charge in [0, 0.05) is 0 Å². The fourth-order valence-corrected chi connectivity index (χ4v) is 0.221. The number of rotatable bonds is 2. The summed E-state index contributed by atoms with van der Waals surface area (Å²) in [5.41, 5.74) is 0. The van der Waals surface area contributed by atoms with Crippen molar-refractivity contribution in [2.45, 2.75) is 6.92 Å². The van der Waals surface area contributed by atoms with Gasteiger partial charge in [0.05, 0.1) is 0 Å². The number of carbonyl (C=O) groups is 1. The second-order valence-corrected chi connectivity index (χ2v) is 1.05. The second kappa shape index (κ2) is 10.7. The molecule has 0 atom stereocenters. The van der Waals surface area contributed by atoms with Crippen LogP contribution in [0.2, 0.25) is 0 Å². The molecule has 0 aliphatic rings. The van der Waals surface area contributed by atoms with E-state index in [2.05, 4.69) is 0 Å². The minimum atomic E-state index is 0. The van der Waals surface area contributed by atoms with Crippen LogP contribution < -0.4 is 0 Å². The van der Waals surface area contributed by atoms with Gasteiger partial charge in [0.1, 0.15) is 6.29 Å². The van der Waals surface area contributed by atoms with E-state index in [0.717, 1.165) is 6.29 Å². The molecule has 0 aromatic rings. The normalized spacial score (nSPS) is 9.62. The van der Waals surface area contributed by atoms with Gasteiger partial charge in [0.25, 0.3) is 0 Å². The summed E-state index contributed by atoms with van der Waals surface area (Å²) in [4.78, 5) is 9.56. The van der Waals surface area contributed by atoms with Gasteiger partial charge in [-0.2, -0.15) is 0 Å². The number of hydrogen-bond donors (Lipinski definition) is 0. The van der Waals surface area contributed by atoms with E-state index in [4.69, 9.17) is 0 Å². The molecule has 0 heterocycles. The third-order valence-electron chi connectivity index (χ3n) is 0.493. The van der Waals surface area contributed by atoms with Crippen LogP contribution in [0.25, 0.3) is 0 Å². The Morgan fingerprint density at radius 2 is 1.75 bits per heavy atom. The van der Waals surface area contributed by atoms with Crippen LogP contribution in [0.15, 0.2) is 24.3 Å². The SMILES string of the molecule is C/C=C/C=C/C=O.[KH]. The topological polar surface area (TPSA) is 17.1 Å². The summed E-state index contributed by atoms with van der Waals surface area (Å²) in [6.07, 6.45) is 7.54. The standard InChI is InChI=1S/C6H8O.K.H/c1-2-3-4-5-6-7;;/h2-6H,1H3;;/b3-2+,5-4+;;. The Morgan fingerprint density at radius 1 is 1.12 bits per heavy atom. The fourth-order valence-electron chi connectivity index (χ4n) is 0.221. The Hall–Kier alpha value is 0.786. The molecule has 0 saturated heterocycles. The van der Waals surface area contributed by atoms with Crippen molar-refractivity contribution in [3.05, 3.63) is 24.3 Å². The van der Waals surface area contributed by atoms with Gasteiger partial charge in [0.2, 0.25) is 0 Å². The van der Waals surface area contributed by atoms with Gasteiger partial charge in [-0.05, 0) is 13.0 Å². The third kappa shape index (κ3) is 9.92. The van der Waals surface area contributed by atoms with E-state index in [9.17, 15) is 4.79 Å². The van der Waals surface area contributed by atoms with Crippen LogP contribution in [0.1, 0.15) is 6.92 Å². The molecular weight excluding hydrogens is 127 g/mol. The predicted molar refractivity (Wildman–Crippen MR) is 37.2 cm³/mol. The van der Waals surface area contributed by atoms with E-state index in [-0.39, 0.29) is 51.4 Å². The molecule has 0 amide bonds. The van der Waals surface area contributed by atoms with E-state index in [1.165, 1.54) is 6.08 Å². The first-order valence-corrected chi connectivity index (χ1v) is 2.15. The Labute approximate surface area is 92.3 Å². The van der Waals surface area contributed by atoms with Crippen LogP contribution in [0, 0.1) is 0 Å². The molecule has 0 aromatic carbocycles. The van der Waals surface area contributed by atoms with E-state index < -0.39 is 0 Å². The van der Waals surface area contributed by atoms with Crippen LogP contribution >= 0.6 is 0 Å². The second-order valence-electron chi connectivity index (χ2n) is 1.05. The van der Waals surface area contributed by atoms with Crippen molar-refractivity contribution in [1.29, 1.82) is 0 Å². The van der Waals surface area contributed by atoms with Crippen molar-refractivity contribution in [2.24, 2.45) is 0 Å². The van der Waals surface area contributed by atoms with Crippen LogP contribution in [0.3, 0.4) is 0 Å². The number of allylic oxidation sites excluding steroid dienone is 4. The van der Waals surface area contributed by atoms with Gasteiger partial charge in [-0.1, -0.05) is 18.2 Å². The molecule has 0 radical (unpaired) electrons. The van der Waals surface area contributed by atoms with Crippen LogP contribution in [-0.2, 0) is 4.79 Å². The molecule has 40 valence electrons. The molecule has 8 heavy (non-hydrogen) atoms. The molecule has 0 aliphatic heterocycles. The van der Waals surface area contributed by atoms with E-state index in [1.807, 2.05) is 13.0 Å². The summed E-state index contributed by atoms with van der Waals surface area (Å²) >= 11 is 0. The molecule has 0 saturated carbocycles. The van der Waals surface area contributed by atoms with E-state index in [1.54, 1.807) is 12.2 Å². The zero-order chi connectivity index (χ0) is 5.54. The van der Waals surface area contributed by atoms with E-state index in [0.29, 0.717) is 0 Å². The summed E-state index contributed by atoms with van der Waals surface area (Å²) in [7, 11) is 0. The quantitative estimate of drug-likeness (QED) is 0.236. The van der Waals surface area contributed by atoms with Crippen molar-refractivity contribution in [3.63, 3.8) is 0 Å². The summed E-state index contributed by atoms with van der Waals surface area (Å²) in [5.74, 6) is 0.